The smallest absolute Gasteiger partial charge is 0.324 e. The minimum Gasteiger partial charge on any atom is -0.324 e. The fourth-order valence-electron chi connectivity index (χ4n) is 0.831. The van der Waals surface area contributed by atoms with Crippen LogP contribution in [0.15, 0.2) is 0 Å². The summed E-state index contributed by atoms with van der Waals surface area (Å²) < 4.78 is 50.2. The van der Waals surface area contributed by atoms with Crippen LogP contribution in [0.2, 0.25) is 0 Å². The Morgan fingerprint density at radius 1 is 1.36 bits per heavy atom. The van der Waals surface area contributed by atoms with E-state index in [-0.39, 0.29) is 6.61 Å². The summed E-state index contributed by atoms with van der Waals surface area (Å²) in [4.78, 5) is 8.76. The normalized spacial score (nSPS) is 16.6. The Hall–Kier alpha value is -0.0600. The first kappa shape index (κ1) is 13.9. The summed E-state index contributed by atoms with van der Waals surface area (Å²) in [6.07, 6.45) is -4.29. The van der Waals surface area contributed by atoms with Gasteiger partial charge in [-0.3, -0.25) is 4.57 Å². The van der Waals surface area contributed by atoms with Gasteiger partial charge in [-0.25, -0.2) is 0 Å². The van der Waals surface area contributed by atoms with Gasteiger partial charge in [-0.15, -0.1) is 0 Å². The zero-order valence-corrected chi connectivity index (χ0v) is 8.77. The largest absolute Gasteiger partial charge is 0.400 e. The van der Waals surface area contributed by atoms with Crippen LogP contribution in [-0.4, -0.2) is 23.8 Å². The highest BCUT2D eigenvalue weighted by atomic mass is 31.2. The molecule has 0 heterocycles. The fraction of sp³-hybridized carbons (Fsp3) is 1.00. The third-order valence-corrected chi connectivity index (χ3v) is 2.76. The Balaban J connectivity index is 3.79. The average molecular weight is 234 g/mol. The first-order chi connectivity index (χ1) is 6.27. The summed E-state index contributed by atoms with van der Waals surface area (Å²) in [5.74, 6) is 0. The number of alkyl halides is 3. The monoisotopic (exact) mass is 234 g/mol. The zero-order valence-electron chi connectivity index (χ0n) is 7.88. The Bertz CT molecular complexity index is 205. The molecule has 7 heteroatoms. The number of hydrogen-bond donors (Lipinski definition) is 1. The molecule has 0 spiro atoms. The molecule has 0 saturated carbocycles. The minimum atomic E-state index is -4.66. The van der Waals surface area contributed by atoms with Gasteiger partial charge in [0, 0.05) is 0 Å². The molecule has 1 atom stereocenters. The number of halogens is 3. The molecule has 1 unspecified atom stereocenters. The van der Waals surface area contributed by atoms with E-state index in [1.54, 1.807) is 0 Å². The number of rotatable bonds is 6. The van der Waals surface area contributed by atoms with Crippen molar-refractivity contribution in [2.75, 3.05) is 12.8 Å². The van der Waals surface area contributed by atoms with Gasteiger partial charge in [-0.05, 0) is 6.42 Å². The molecule has 0 bridgehead atoms. The van der Waals surface area contributed by atoms with Crippen molar-refractivity contribution < 1.29 is 27.2 Å². The predicted molar refractivity (Wildman–Crippen MR) is 46.2 cm³/mol. The molecule has 0 rings (SSSR count). The van der Waals surface area contributed by atoms with E-state index in [0.29, 0.717) is 6.42 Å². The second kappa shape index (κ2) is 5.73. The Kier molecular flexibility index (Phi) is 5.71. The maximum atomic E-state index is 11.7. The van der Waals surface area contributed by atoms with Crippen molar-refractivity contribution in [1.29, 1.82) is 0 Å². The second-order valence-electron chi connectivity index (χ2n) is 2.95. The lowest BCUT2D eigenvalue weighted by atomic mass is 10.3. The van der Waals surface area contributed by atoms with Crippen molar-refractivity contribution in [1.82, 2.24) is 0 Å². The quantitative estimate of drug-likeness (QED) is 0.567. The molecular formula is C7H14F3O3P. The molecule has 1 N–H and O–H groups in total. The second-order valence-corrected chi connectivity index (χ2v) is 4.80. The highest BCUT2D eigenvalue weighted by Gasteiger charge is 2.38. The van der Waals surface area contributed by atoms with E-state index in [1.807, 2.05) is 6.92 Å². The van der Waals surface area contributed by atoms with Gasteiger partial charge in [0.15, 0.2) is 0 Å². The molecule has 86 valence electrons. The van der Waals surface area contributed by atoms with Gasteiger partial charge in [-0.1, -0.05) is 19.8 Å². The highest BCUT2D eigenvalue weighted by molar-refractivity contribution is 7.52. The van der Waals surface area contributed by atoms with E-state index in [1.165, 1.54) is 0 Å². The molecular weight excluding hydrogens is 220 g/mol. The molecule has 0 amide bonds. The van der Waals surface area contributed by atoms with Gasteiger partial charge < -0.3 is 9.42 Å². The number of hydrogen-bond acceptors (Lipinski definition) is 2. The Labute approximate surface area is 80.8 Å². The predicted octanol–water partition coefficient (Wildman–Crippen LogP) is 2.94. The summed E-state index contributed by atoms with van der Waals surface area (Å²) in [5, 5.41) is 0. The lowest BCUT2D eigenvalue weighted by Gasteiger charge is -2.13. The van der Waals surface area contributed by atoms with E-state index >= 15 is 0 Å². The van der Waals surface area contributed by atoms with Crippen molar-refractivity contribution in [3.8, 4) is 0 Å². The molecule has 0 aliphatic heterocycles. The van der Waals surface area contributed by atoms with Gasteiger partial charge in [0.2, 0.25) is 0 Å². The molecule has 0 fully saturated rings. The summed E-state index contributed by atoms with van der Waals surface area (Å²) in [6.45, 7) is 1.81. The van der Waals surface area contributed by atoms with Crippen LogP contribution in [0.1, 0.15) is 26.2 Å². The van der Waals surface area contributed by atoms with Crippen LogP contribution in [0.4, 0.5) is 13.2 Å². The van der Waals surface area contributed by atoms with E-state index in [9.17, 15) is 17.7 Å². The molecule has 0 aromatic heterocycles. The number of unbranched alkanes of at least 4 members (excludes halogenated alkanes) is 2. The van der Waals surface area contributed by atoms with Crippen LogP contribution in [0, 0.1) is 0 Å². The van der Waals surface area contributed by atoms with E-state index in [2.05, 4.69) is 4.52 Å². The molecule has 3 nitrogen and oxygen atoms in total. The van der Waals surface area contributed by atoms with Crippen molar-refractivity contribution in [3.05, 3.63) is 0 Å². The first-order valence-electron chi connectivity index (χ1n) is 4.30. The minimum absolute atomic E-state index is 0.0995. The average Bonchev–Trinajstić information content (AvgIpc) is 1.93. The van der Waals surface area contributed by atoms with Crippen LogP contribution in [0.3, 0.4) is 0 Å². The first-order valence-corrected chi connectivity index (χ1v) is 6.06. The van der Waals surface area contributed by atoms with E-state index in [4.69, 9.17) is 4.89 Å². The summed E-state index contributed by atoms with van der Waals surface area (Å²) in [5.41, 5.74) is 0. The van der Waals surface area contributed by atoms with Gasteiger partial charge in [0.25, 0.3) is 0 Å². The lowest BCUT2D eigenvalue weighted by molar-refractivity contribution is -0.109. The summed E-state index contributed by atoms with van der Waals surface area (Å²) in [6, 6.07) is 0. The molecule has 0 aromatic rings. The molecule has 0 aromatic carbocycles. The highest BCUT2D eigenvalue weighted by Crippen LogP contribution is 2.46. The van der Waals surface area contributed by atoms with E-state index in [0.717, 1.165) is 12.8 Å². The molecule has 0 aliphatic carbocycles. The van der Waals surface area contributed by atoms with Gasteiger partial charge in [-0.2, -0.15) is 13.2 Å². The van der Waals surface area contributed by atoms with Crippen LogP contribution in [0.5, 0.6) is 0 Å². The van der Waals surface area contributed by atoms with Gasteiger partial charge in [0.05, 0.1) is 6.61 Å². The molecule has 0 radical (unpaired) electrons. The van der Waals surface area contributed by atoms with Crippen LogP contribution >= 0.6 is 7.60 Å². The van der Waals surface area contributed by atoms with Crippen molar-refractivity contribution >= 4 is 7.60 Å². The van der Waals surface area contributed by atoms with Crippen LogP contribution in [-0.2, 0) is 9.09 Å². The third kappa shape index (κ3) is 8.53. The van der Waals surface area contributed by atoms with Gasteiger partial charge in [0.1, 0.15) is 6.16 Å². The van der Waals surface area contributed by atoms with Crippen molar-refractivity contribution in [2.24, 2.45) is 0 Å². The van der Waals surface area contributed by atoms with Crippen LogP contribution in [0.25, 0.3) is 0 Å². The fourth-order valence-corrected chi connectivity index (χ4v) is 1.79. The maximum Gasteiger partial charge on any atom is 0.400 e. The maximum absolute atomic E-state index is 11.7. The van der Waals surface area contributed by atoms with Crippen molar-refractivity contribution in [3.63, 3.8) is 0 Å². The lowest BCUT2D eigenvalue weighted by Crippen LogP contribution is -2.15. The standard InChI is InChI=1S/C7H14F3O3P/c1-2-3-4-5-13-14(11,12)6-7(8,9)10/h2-6H2,1H3,(H,11,12). The molecule has 0 aliphatic rings. The molecule has 14 heavy (non-hydrogen) atoms. The van der Waals surface area contributed by atoms with Gasteiger partial charge >= 0.3 is 13.8 Å². The van der Waals surface area contributed by atoms with Crippen molar-refractivity contribution in [2.45, 2.75) is 32.4 Å². The summed E-state index contributed by atoms with van der Waals surface area (Å²) in [7, 11) is -4.48. The third-order valence-electron chi connectivity index (χ3n) is 1.42. The van der Waals surface area contributed by atoms with Crippen LogP contribution < -0.4 is 0 Å². The molecule has 0 saturated heterocycles. The van der Waals surface area contributed by atoms with E-state index < -0.39 is 19.9 Å². The SMILES string of the molecule is CCCCCOP(=O)(O)CC(F)(F)F. The summed E-state index contributed by atoms with van der Waals surface area (Å²) >= 11 is 0. The zero-order chi connectivity index (χ0) is 11.2. The Morgan fingerprint density at radius 2 is 1.93 bits per heavy atom. The Morgan fingerprint density at radius 3 is 2.36 bits per heavy atom. The topological polar surface area (TPSA) is 46.5 Å².